The van der Waals surface area contributed by atoms with Crippen molar-refractivity contribution in [2.45, 2.75) is 6.42 Å². The van der Waals surface area contributed by atoms with Gasteiger partial charge in [-0.15, -0.1) is 0 Å². The van der Waals surface area contributed by atoms with Gasteiger partial charge in [-0.2, -0.15) is 9.97 Å². The second kappa shape index (κ2) is 5.19. The predicted octanol–water partition coefficient (Wildman–Crippen LogP) is 2.02. The van der Waals surface area contributed by atoms with Gasteiger partial charge in [-0.05, 0) is 23.7 Å². The standard InChI is InChI=1S/C12H10ClN5O/c13-12-17-10-9(15-7-16-10)11(18-12)19-6-4-8-3-1-2-5-14-8/h1-3,5,7H,4,6H2,(H,15,16,17,18). The van der Waals surface area contributed by atoms with E-state index in [0.717, 1.165) is 5.69 Å². The van der Waals surface area contributed by atoms with Gasteiger partial charge in [-0.1, -0.05) is 6.07 Å². The van der Waals surface area contributed by atoms with Gasteiger partial charge in [0.15, 0.2) is 5.65 Å². The molecule has 19 heavy (non-hydrogen) atoms. The summed E-state index contributed by atoms with van der Waals surface area (Å²) >= 11 is 5.81. The Labute approximate surface area is 113 Å². The van der Waals surface area contributed by atoms with Gasteiger partial charge in [-0.3, -0.25) is 4.98 Å². The average molecular weight is 276 g/mol. The van der Waals surface area contributed by atoms with Crippen LogP contribution in [0.2, 0.25) is 5.28 Å². The molecule has 0 amide bonds. The van der Waals surface area contributed by atoms with Crippen LogP contribution in [0.1, 0.15) is 5.69 Å². The van der Waals surface area contributed by atoms with E-state index in [0.29, 0.717) is 30.1 Å². The Kier molecular flexibility index (Phi) is 3.24. The first-order chi connectivity index (χ1) is 9.33. The first-order valence-corrected chi connectivity index (χ1v) is 6.10. The quantitative estimate of drug-likeness (QED) is 0.737. The number of pyridine rings is 1. The van der Waals surface area contributed by atoms with Gasteiger partial charge in [0.25, 0.3) is 0 Å². The molecule has 96 valence electrons. The Morgan fingerprint density at radius 2 is 2.16 bits per heavy atom. The van der Waals surface area contributed by atoms with Crippen molar-refractivity contribution in [3.05, 3.63) is 41.7 Å². The highest BCUT2D eigenvalue weighted by Gasteiger charge is 2.09. The van der Waals surface area contributed by atoms with Gasteiger partial charge in [0.1, 0.15) is 5.52 Å². The van der Waals surface area contributed by atoms with E-state index in [2.05, 4.69) is 24.9 Å². The van der Waals surface area contributed by atoms with Crippen molar-refractivity contribution in [1.82, 2.24) is 24.9 Å². The number of aromatic amines is 1. The molecule has 0 fully saturated rings. The topological polar surface area (TPSA) is 76.6 Å². The highest BCUT2D eigenvalue weighted by atomic mass is 35.5. The van der Waals surface area contributed by atoms with Crippen molar-refractivity contribution in [3.63, 3.8) is 0 Å². The number of halogens is 1. The highest BCUT2D eigenvalue weighted by Crippen LogP contribution is 2.20. The van der Waals surface area contributed by atoms with Crippen LogP contribution in [0.5, 0.6) is 5.88 Å². The molecule has 1 N–H and O–H groups in total. The van der Waals surface area contributed by atoms with Gasteiger partial charge in [0.2, 0.25) is 11.2 Å². The van der Waals surface area contributed by atoms with Crippen LogP contribution < -0.4 is 4.74 Å². The zero-order valence-corrected chi connectivity index (χ0v) is 10.6. The van der Waals surface area contributed by atoms with Crippen LogP contribution >= 0.6 is 11.6 Å². The second-order valence-electron chi connectivity index (χ2n) is 3.82. The van der Waals surface area contributed by atoms with Crippen LogP contribution in [0, 0.1) is 0 Å². The Bertz CT molecular complexity index is 685. The van der Waals surface area contributed by atoms with E-state index in [4.69, 9.17) is 16.3 Å². The number of nitrogens with one attached hydrogen (secondary N) is 1. The molecule has 3 rings (SSSR count). The molecule has 0 atom stereocenters. The molecular formula is C12H10ClN5O. The van der Waals surface area contributed by atoms with Crippen molar-refractivity contribution in [2.24, 2.45) is 0 Å². The summed E-state index contributed by atoms with van der Waals surface area (Å²) in [5.74, 6) is 0.406. The van der Waals surface area contributed by atoms with Crippen LogP contribution in [0.3, 0.4) is 0 Å². The highest BCUT2D eigenvalue weighted by molar-refractivity contribution is 6.28. The van der Waals surface area contributed by atoms with E-state index in [-0.39, 0.29) is 5.28 Å². The smallest absolute Gasteiger partial charge is 0.244 e. The summed E-state index contributed by atoms with van der Waals surface area (Å²) in [4.78, 5) is 19.2. The minimum absolute atomic E-state index is 0.118. The normalized spacial score (nSPS) is 10.8. The summed E-state index contributed by atoms with van der Waals surface area (Å²) in [7, 11) is 0. The Morgan fingerprint density at radius 3 is 3.00 bits per heavy atom. The maximum absolute atomic E-state index is 5.81. The molecule has 0 aliphatic heterocycles. The van der Waals surface area contributed by atoms with E-state index in [1.807, 2.05) is 18.2 Å². The van der Waals surface area contributed by atoms with E-state index in [9.17, 15) is 0 Å². The minimum atomic E-state index is 0.118. The number of aromatic nitrogens is 5. The molecule has 3 aromatic heterocycles. The van der Waals surface area contributed by atoms with Crippen molar-refractivity contribution in [3.8, 4) is 5.88 Å². The average Bonchev–Trinajstić information content (AvgIpc) is 2.88. The fourth-order valence-corrected chi connectivity index (χ4v) is 1.84. The third-order valence-corrected chi connectivity index (χ3v) is 2.72. The summed E-state index contributed by atoms with van der Waals surface area (Å²) in [6, 6.07) is 5.77. The summed E-state index contributed by atoms with van der Waals surface area (Å²) in [6.45, 7) is 0.457. The van der Waals surface area contributed by atoms with Crippen molar-refractivity contribution >= 4 is 22.8 Å². The lowest BCUT2D eigenvalue weighted by Gasteiger charge is -2.05. The number of hydrogen-bond donors (Lipinski definition) is 1. The zero-order chi connectivity index (χ0) is 13.1. The van der Waals surface area contributed by atoms with Gasteiger partial charge in [0.05, 0.1) is 12.9 Å². The number of rotatable bonds is 4. The molecule has 3 heterocycles. The summed E-state index contributed by atoms with van der Waals surface area (Å²) < 4.78 is 5.62. The van der Waals surface area contributed by atoms with Crippen molar-refractivity contribution in [2.75, 3.05) is 6.61 Å². The molecular weight excluding hydrogens is 266 g/mol. The van der Waals surface area contributed by atoms with Gasteiger partial charge >= 0.3 is 0 Å². The molecule has 0 saturated carbocycles. The SMILES string of the molecule is Clc1nc(OCCc2ccccn2)c2[nH]cnc2n1. The lowest BCUT2D eigenvalue weighted by atomic mass is 10.3. The second-order valence-corrected chi connectivity index (χ2v) is 4.16. The number of hydrogen-bond acceptors (Lipinski definition) is 5. The molecule has 7 heteroatoms. The number of nitrogens with zero attached hydrogens (tertiary/aromatic N) is 4. The zero-order valence-electron chi connectivity index (χ0n) is 9.88. The molecule has 3 aromatic rings. The third-order valence-electron chi connectivity index (χ3n) is 2.55. The molecule has 0 radical (unpaired) electrons. The third kappa shape index (κ3) is 2.63. The Hall–Kier alpha value is -2.21. The fourth-order valence-electron chi connectivity index (χ4n) is 1.68. The molecule has 0 spiro atoms. The molecule has 0 unspecified atom stereocenters. The van der Waals surface area contributed by atoms with Gasteiger partial charge in [-0.25, -0.2) is 4.98 Å². The van der Waals surface area contributed by atoms with Crippen LogP contribution in [-0.2, 0) is 6.42 Å². The van der Waals surface area contributed by atoms with E-state index in [1.165, 1.54) is 6.33 Å². The summed E-state index contributed by atoms with van der Waals surface area (Å²) in [5.41, 5.74) is 2.10. The van der Waals surface area contributed by atoms with E-state index < -0.39 is 0 Å². The molecule has 0 aromatic carbocycles. The predicted molar refractivity (Wildman–Crippen MR) is 70.1 cm³/mol. The van der Waals surface area contributed by atoms with E-state index in [1.54, 1.807) is 6.20 Å². The Morgan fingerprint density at radius 1 is 1.21 bits per heavy atom. The van der Waals surface area contributed by atoms with Gasteiger partial charge in [0, 0.05) is 18.3 Å². The lowest BCUT2D eigenvalue weighted by Crippen LogP contribution is -2.05. The molecule has 0 aliphatic rings. The lowest BCUT2D eigenvalue weighted by molar-refractivity contribution is 0.311. The Balaban J connectivity index is 1.73. The van der Waals surface area contributed by atoms with E-state index >= 15 is 0 Å². The molecule has 0 aliphatic carbocycles. The molecule has 0 bridgehead atoms. The van der Waals surface area contributed by atoms with Crippen LogP contribution in [0.4, 0.5) is 0 Å². The number of H-pyrrole nitrogens is 1. The van der Waals surface area contributed by atoms with Crippen LogP contribution in [0.25, 0.3) is 11.2 Å². The van der Waals surface area contributed by atoms with Crippen molar-refractivity contribution < 1.29 is 4.74 Å². The largest absolute Gasteiger partial charge is 0.476 e. The molecule has 0 saturated heterocycles. The van der Waals surface area contributed by atoms with Crippen LogP contribution in [0.15, 0.2) is 30.7 Å². The molecule has 6 nitrogen and oxygen atoms in total. The maximum Gasteiger partial charge on any atom is 0.244 e. The monoisotopic (exact) mass is 275 g/mol. The minimum Gasteiger partial charge on any atom is -0.476 e. The number of imidazole rings is 1. The van der Waals surface area contributed by atoms with Gasteiger partial charge < -0.3 is 9.72 Å². The number of ether oxygens (including phenoxy) is 1. The number of fused-ring (bicyclic) bond motifs is 1. The van der Waals surface area contributed by atoms with Crippen molar-refractivity contribution in [1.29, 1.82) is 0 Å². The fraction of sp³-hybridized carbons (Fsp3) is 0.167. The summed E-state index contributed by atoms with van der Waals surface area (Å²) in [6.07, 6.45) is 3.98. The maximum atomic E-state index is 5.81. The first-order valence-electron chi connectivity index (χ1n) is 5.72. The first kappa shape index (κ1) is 11.9. The van der Waals surface area contributed by atoms with Crippen LogP contribution in [-0.4, -0.2) is 31.5 Å². The summed E-state index contributed by atoms with van der Waals surface area (Å²) in [5, 5.41) is 0.118.